The van der Waals surface area contributed by atoms with Crippen LogP contribution >= 0.6 is 0 Å². The van der Waals surface area contributed by atoms with Crippen LogP contribution < -0.4 is 0 Å². The zero-order valence-electron chi connectivity index (χ0n) is 8.37. The van der Waals surface area contributed by atoms with E-state index in [0.717, 1.165) is 5.56 Å². The second-order valence-corrected chi connectivity index (χ2v) is 3.67. The Hall–Kier alpha value is -1.38. The lowest BCUT2D eigenvalue weighted by atomic mass is 9.80. The van der Waals surface area contributed by atoms with Gasteiger partial charge in [0.2, 0.25) is 0 Å². The molecule has 1 N–H and O–H groups in total. The SMILES string of the molecule is CC(C)(C(CF)=NO)c1ccccc1. The molecule has 0 saturated carbocycles. The first-order valence-corrected chi connectivity index (χ1v) is 4.46. The van der Waals surface area contributed by atoms with Gasteiger partial charge < -0.3 is 5.21 Å². The normalized spacial score (nSPS) is 12.9. The maximum absolute atomic E-state index is 12.5. The Morgan fingerprint density at radius 2 is 1.93 bits per heavy atom. The second-order valence-electron chi connectivity index (χ2n) is 3.67. The number of nitrogens with zero attached hydrogens (tertiary/aromatic N) is 1. The first kappa shape index (κ1) is 10.7. The van der Waals surface area contributed by atoms with Crippen molar-refractivity contribution in [3.8, 4) is 0 Å². The zero-order chi connectivity index (χ0) is 10.6. The van der Waals surface area contributed by atoms with E-state index in [-0.39, 0.29) is 5.71 Å². The van der Waals surface area contributed by atoms with E-state index in [1.54, 1.807) is 0 Å². The van der Waals surface area contributed by atoms with Gasteiger partial charge in [-0.2, -0.15) is 0 Å². The van der Waals surface area contributed by atoms with E-state index in [1.165, 1.54) is 0 Å². The zero-order valence-corrected chi connectivity index (χ0v) is 8.37. The molecule has 0 heterocycles. The smallest absolute Gasteiger partial charge is 0.132 e. The summed E-state index contributed by atoms with van der Waals surface area (Å²) in [6.07, 6.45) is 0. The fraction of sp³-hybridized carbons (Fsp3) is 0.364. The monoisotopic (exact) mass is 195 g/mol. The molecule has 0 aliphatic carbocycles. The van der Waals surface area contributed by atoms with Crippen LogP contribution in [0.15, 0.2) is 35.5 Å². The third-order valence-electron chi connectivity index (χ3n) is 2.46. The van der Waals surface area contributed by atoms with Crippen LogP contribution in [0.5, 0.6) is 0 Å². The first-order valence-electron chi connectivity index (χ1n) is 4.46. The molecule has 2 nitrogen and oxygen atoms in total. The second kappa shape index (κ2) is 4.22. The summed E-state index contributed by atoms with van der Waals surface area (Å²) in [7, 11) is 0. The van der Waals surface area contributed by atoms with Crippen LogP contribution in [0.3, 0.4) is 0 Å². The predicted octanol–water partition coefficient (Wildman–Crippen LogP) is 2.76. The number of hydrogen-bond acceptors (Lipinski definition) is 2. The molecule has 76 valence electrons. The lowest BCUT2D eigenvalue weighted by Gasteiger charge is -2.24. The van der Waals surface area contributed by atoms with Gasteiger partial charge in [0.1, 0.15) is 6.67 Å². The molecule has 0 amide bonds. The van der Waals surface area contributed by atoms with E-state index in [1.807, 2.05) is 44.2 Å². The van der Waals surface area contributed by atoms with Crippen molar-refractivity contribution >= 4 is 5.71 Å². The number of oxime groups is 1. The quantitative estimate of drug-likeness (QED) is 0.449. The summed E-state index contributed by atoms with van der Waals surface area (Å²) in [5.74, 6) is 0. The highest BCUT2D eigenvalue weighted by Gasteiger charge is 2.27. The summed E-state index contributed by atoms with van der Waals surface area (Å²) >= 11 is 0. The maximum Gasteiger partial charge on any atom is 0.132 e. The van der Waals surface area contributed by atoms with Gasteiger partial charge in [-0.3, -0.25) is 0 Å². The van der Waals surface area contributed by atoms with Gasteiger partial charge in [0.15, 0.2) is 0 Å². The Labute approximate surface area is 83.1 Å². The van der Waals surface area contributed by atoms with Crippen LogP contribution in [0.25, 0.3) is 0 Å². The Kier molecular flexibility index (Phi) is 3.23. The molecule has 0 aliphatic heterocycles. The van der Waals surface area contributed by atoms with Crippen LogP contribution in [0.1, 0.15) is 19.4 Å². The van der Waals surface area contributed by atoms with Crippen molar-refractivity contribution in [1.29, 1.82) is 0 Å². The van der Waals surface area contributed by atoms with E-state index in [4.69, 9.17) is 5.21 Å². The molecule has 0 saturated heterocycles. The van der Waals surface area contributed by atoms with Crippen molar-refractivity contribution in [2.75, 3.05) is 6.67 Å². The highest BCUT2D eigenvalue weighted by Crippen LogP contribution is 2.24. The van der Waals surface area contributed by atoms with Gasteiger partial charge in [-0.25, -0.2) is 4.39 Å². The number of hydrogen-bond donors (Lipinski definition) is 1. The van der Waals surface area contributed by atoms with Crippen LogP contribution in [-0.2, 0) is 5.41 Å². The molecule has 0 bridgehead atoms. The lowest BCUT2D eigenvalue weighted by molar-refractivity contribution is 0.309. The van der Waals surface area contributed by atoms with Crippen molar-refractivity contribution in [2.24, 2.45) is 5.16 Å². The van der Waals surface area contributed by atoms with Gasteiger partial charge >= 0.3 is 0 Å². The molecule has 0 radical (unpaired) electrons. The lowest BCUT2D eigenvalue weighted by Crippen LogP contribution is -2.30. The molecule has 0 aromatic heterocycles. The molecule has 3 heteroatoms. The van der Waals surface area contributed by atoms with Crippen molar-refractivity contribution < 1.29 is 9.60 Å². The Bertz CT molecular complexity index is 319. The van der Waals surface area contributed by atoms with Crippen LogP contribution in [0.4, 0.5) is 4.39 Å². The third kappa shape index (κ3) is 1.92. The maximum atomic E-state index is 12.5. The minimum Gasteiger partial charge on any atom is -0.411 e. The molecule has 0 atom stereocenters. The molecular formula is C11H14FNO. The van der Waals surface area contributed by atoms with Gasteiger partial charge in [0.05, 0.1) is 5.71 Å². The van der Waals surface area contributed by atoms with Gasteiger partial charge in [0.25, 0.3) is 0 Å². The number of rotatable bonds is 3. The largest absolute Gasteiger partial charge is 0.411 e. The molecule has 14 heavy (non-hydrogen) atoms. The van der Waals surface area contributed by atoms with Crippen molar-refractivity contribution in [2.45, 2.75) is 19.3 Å². The van der Waals surface area contributed by atoms with Gasteiger partial charge in [-0.15, -0.1) is 0 Å². The van der Waals surface area contributed by atoms with Crippen LogP contribution in [0, 0.1) is 0 Å². The molecule has 0 spiro atoms. The summed E-state index contributed by atoms with van der Waals surface area (Å²) in [4.78, 5) is 0. The summed E-state index contributed by atoms with van der Waals surface area (Å²) in [5.41, 5.74) is 0.513. The Morgan fingerprint density at radius 1 is 1.36 bits per heavy atom. The summed E-state index contributed by atoms with van der Waals surface area (Å²) in [6.45, 7) is 2.92. The predicted molar refractivity (Wildman–Crippen MR) is 54.7 cm³/mol. The number of halogens is 1. The molecule has 1 aromatic carbocycles. The third-order valence-corrected chi connectivity index (χ3v) is 2.46. The van der Waals surface area contributed by atoms with E-state index in [2.05, 4.69) is 5.16 Å². The highest BCUT2D eigenvalue weighted by molar-refractivity contribution is 5.94. The molecule has 1 rings (SSSR count). The average molecular weight is 195 g/mol. The topological polar surface area (TPSA) is 32.6 Å². The minimum absolute atomic E-state index is 0.142. The fourth-order valence-electron chi connectivity index (χ4n) is 1.34. The minimum atomic E-state index is -0.738. The van der Waals surface area contributed by atoms with Crippen molar-refractivity contribution in [3.05, 3.63) is 35.9 Å². The number of alkyl halides is 1. The Balaban J connectivity index is 3.07. The molecule has 1 aromatic rings. The molecule has 0 fully saturated rings. The van der Waals surface area contributed by atoms with Crippen LogP contribution in [0.2, 0.25) is 0 Å². The van der Waals surface area contributed by atoms with E-state index in [9.17, 15) is 4.39 Å². The van der Waals surface area contributed by atoms with Gasteiger partial charge in [0, 0.05) is 5.41 Å². The summed E-state index contributed by atoms with van der Waals surface area (Å²) in [6, 6.07) is 9.43. The van der Waals surface area contributed by atoms with E-state index in [0.29, 0.717) is 0 Å². The fourth-order valence-corrected chi connectivity index (χ4v) is 1.34. The van der Waals surface area contributed by atoms with Crippen LogP contribution in [-0.4, -0.2) is 17.6 Å². The average Bonchev–Trinajstić information content (AvgIpc) is 2.20. The van der Waals surface area contributed by atoms with Crippen molar-refractivity contribution in [3.63, 3.8) is 0 Å². The molecular weight excluding hydrogens is 181 g/mol. The molecule has 0 unspecified atom stereocenters. The van der Waals surface area contributed by atoms with Gasteiger partial charge in [-0.05, 0) is 5.56 Å². The van der Waals surface area contributed by atoms with Gasteiger partial charge in [-0.1, -0.05) is 49.3 Å². The van der Waals surface area contributed by atoms with E-state index < -0.39 is 12.1 Å². The molecule has 0 aliphatic rings. The Morgan fingerprint density at radius 3 is 2.36 bits per heavy atom. The van der Waals surface area contributed by atoms with E-state index >= 15 is 0 Å². The first-order chi connectivity index (χ1) is 6.62. The number of benzene rings is 1. The summed E-state index contributed by atoms with van der Waals surface area (Å²) in [5, 5.41) is 11.7. The standard InChI is InChI=1S/C11H14FNO/c1-11(2,10(8-12)13-14)9-6-4-3-5-7-9/h3-7,14H,8H2,1-2H3. The van der Waals surface area contributed by atoms with Crippen molar-refractivity contribution in [1.82, 2.24) is 0 Å². The highest BCUT2D eigenvalue weighted by atomic mass is 19.1. The summed E-state index contributed by atoms with van der Waals surface area (Å²) < 4.78 is 12.5.